The van der Waals surface area contributed by atoms with E-state index in [0.717, 1.165) is 11.8 Å². The molecule has 144 valence electrons. The van der Waals surface area contributed by atoms with Gasteiger partial charge in [0.15, 0.2) is 0 Å². The first kappa shape index (κ1) is 19.2. The third-order valence-electron chi connectivity index (χ3n) is 6.38. The van der Waals surface area contributed by atoms with Crippen molar-refractivity contribution >= 4 is 32.1 Å². The van der Waals surface area contributed by atoms with Crippen molar-refractivity contribution in [3.05, 3.63) is 46.8 Å². The molecule has 0 saturated heterocycles. The molecular weight excluding hydrogens is 364 g/mol. The molecule has 0 radical (unpaired) electrons. The highest BCUT2D eigenvalue weighted by Gasteiger charge is 2.20. The zero-order valence-corrected chi connectivity index (χ0v) is 18.4. The summed E-state index contributed by atoms with van der Waals surface area (Å²) in [5, 5.41) is 0. The maximum absolute atomic E-state index is 2.47. The van der Waals surface area contributed by atoms with Crippen LogP contribution >= 0.6 is 22.7 Å². The minimum Gasteiger partial charge on any atom is -0.139 e. The molecule has 1 saturated carbocycles. The molecule has 0 spiro atoms. The molecule has 27 heavy (non-hydrogen) atoms. The quantitative estimate of drug-likeness (QED) is 0.374. The van der Waals surface area contributed by atoms with Crippen molar-refractivity contribution in [3.63, 3.8) is 0 Å². The van der Waals surface area contributed by atoms with Gasteiger partial charge in [-0.2, -0.15) is 0 Å². The van der Waals surface area contributed by atoms with Gasteiger partial charge in [0.25, 0.3) is 0 Å². The topological polar surface area (TPSA) is 0 Å². The number of benzene rings is 1. The van der Waals surface area contributed by atoms with Crippen molar-refractivity contribution in [3.8, 4) is 10.4 Å². The van der Waals surface area contributed by atoms with Gasteiger partial charge in [0.05, 0.1) is 0 Å². The van der Waals surface area contributed by atoms with E-state index in [-0.39, 0.29) is 0 Å². The zero-order chi connectivity index (χ0) is 18.6. The Balaban J connectivity index is 1.37. The summed E-state index contributed by atoms with van der Waals surface area (Å²) in [7, 11) is 0. The number of fused-ring (bicyclic) bond motifs is 1. The second kappa shape index (κ2) is 8.92. The molecule has 1 aliphatic rings. The van der Waals surface area contributed by atoms with Crippen LogP contribution < -0.4 is 0 Å². The minimum absolute atomic E-state index is 0.977. The highest BCUT2D eigenvalue weighted by molar-refractivity contribution is 7.29. The van der Waals surface area contributed by atoms with Gasteiger partial charge in [-0.25, -0.2) is 0 Å². The molecule has 2 aromatic heterocycles. The lowest BCUT2D eigenvalue weighted by Gasteiger charge is -2.27. The lowest BCUT2D eigenvalue weighted by molar-refractivity contribution is 0.259. The third-order valence-corrected chi connectivity index (χ3v) is 8.78. The van der Waals surface area contributed by atoms with Crippen LogP contribution in [0.25, 0.3) is 19.8 Å². The van der Waals surface area contributed by atoms with Crippen molar-refractivity contribution in [1.29, 1.82) is 0 Å². The summed E-state index contributed by atoms with van der Waals surface area (Å²) in [6.45, 7) is 4.60. The zero-order valence-electron chi connectivity index (χ0n) is 16.8. The van der Waals surface area contributed by atoms with E-state index >= 15 is 0 Å². The molecule has 4 rings (SSSR count). The van der Waals surface area contributed by atoms with E-state index in [1.54, 1.807) is 4.88 Å². The molecule has 0 unspecified atom stereocenters. The molecule has 2 heteroatoms. The van der Waals surface area contributed by atoms with E-state index in [1.165, 1.54) is 83.2 Å². The van der Waals surface area contributed by atoms with Crippen molar-refractivity contribution in [1.82, 2.24) is 0 Å². The summed E-state index contributed by atoms with van der Waals surface area (Å²) >= 11 is 3.99. The molecular formula is C25H32S2. The smallest absolute Gasteiger partial charge is 0.0460 e. The molecule has 1 fully saturated rings. The summed E-state index contributed by atoms with van der Waals surface area (Å²) < 4.78 is 2.97. The van der Waals surface area contributed by atoms with Crippen LogP contribution in [-0.2, 0) is 12.8 Å². The van der Waals surface area contributed by atoms with Crippen molar-refractivity contribution in [2.75, 3.05) is 0 Å². The van der Waals surface area contributed by atoms with Gasteiger partial charge in [-0.1, -0.05) is 76.6 Å². The largest absolute Gasteiger partial charge is 0.139 e. The van der Waals surface area contributed by atoms with Crippen molar-refractivity contribution < 1.29 is 0 Å². The first-order valence-corrected chi connectivity index (χ1v) is 12.5. The standard InChI is InChI=1S/C25H32S2/c1-3-5-19-10-13-21(14-11-19)23-17-25-24(27-23)16-22(26-25)15-12-20-8-6-18(4-2)7-9-20/h10-11,13-14,16-18,20H,3-9,12,15H2,1-2H3. The van der Waals surface area contributed by atoms with Crippen LogP contribution in [0.3, 0.4) is 0 Å². The molecule has 1 aliphatic carbocycles. The molecule has 0 nitrogen and oxygen atoms in total. The first-order chi connectivity index (χ1) is 13.2. The maximum atomic E-state index is 2.47. The lowest BCUT2D eigenvalue weighted by Crippen LogP contribution is -2.14. The van der Waals surface area contributed by atoms with Crippen LogP contribution in [0.5, 0.6) is 0 Å². The molecule has 2 heterocycles. The maximum Gasteiger partial charge on any atom is 0.0460 e. The SMILES string of the molecule is CCCc1ccc(-c2cc3sc(CCC4CCC(CC)CC4)cc3s2)cc1. The second-order valence-electron chi connectivity index (χ2n) is 8.33. The number of rotatable bonds is 7. The van der Waals surface area contributed by atoms with Crippen LogP contribution in [0.1, 0.15) is 69.2 Å². The molecule has 3 aromatic rings. The Kier molecular flexibility index (Phi) is 6.35. The number of aryl methyl sites for hydroxylation is 2. The molecule has 0 atom stereocenters. The fraction of sp³-hybridized carbons (Fsp3) is 0.520. The summed E-state index contributed by atoms with van der Waals surface area (Å²) in [6.07, 6.45) is 12.4. The minimum atomic E-state index is 0.977. The van der Waals surface area contributed by atoms with Gasteiger partial charge < -0.3 is 0 Å². The summed E-state index contributed by atoms with van der Waals surface area (Å²) in [6, 6.07) is 14.1. The average Bonchev–Trinajstić information content (AvgIpc) is 3.26. The highest BCUT2D eigenvalue weighted by Crippen LogP contribution is 2.40. The van der Waals surface area contributed by atoms with Crippen molar-refractivity contribution in [2.24, 2.45) is 11.8 Å². The van der Waals surface area contributed by atoms with Crippen LogP contribution in [0.2, 0.25) is 0 Å². The number of hydrogen-bond acceptors (Lipinski definition) is 2. The summed E-state index contributed by atoms with van der Waals surface area (Å²) in [4.78, 5) is 3.02. The Morgan fingerprint density at radius 1 is 0.815 bits per heavy atom. The fourth-order valence-electron chi connectivity index (χ4n) is 4.55. The highest BCUT2D eigenvalue weighted by atomic mass is 32.1. The van der Waals surface area contributed by atoms with Crippen LogP contribution in [0, 0.1) is 11.8 Å². The van der Waals surface area contributed by atoms with E-state index in [4.69, 9.17) is 0 Å². The van der Waals surface area contributed by atoms with Gasteiger partial charge in [-0.3, -0.25) is 0 Å². The fourth-order valence-corrected chi connectivity index (χ4v) is 6.99. The Morgan fingerprint density at radius 3 is 2.19 bits per heavy atom. The van der Waals surface area contributed by atoms with Gasteiger partial charge in [-0.05, 0) is 54.4 Å². The predicted octanol–water partition coefficient (Wildman–Crippen LogP) is 8.73. The predicted molar refractivity (Wildman–Crippen MR) is 123 cm³/mol. The number of hydrogen-bond donors (Lipinski definition) is 0. The van der Waals surface area contributed by atoms with E-state index in [1.807, 2.05) is 22.7 Å². The van der Waals surface area contributed by atoms with E-state index in [0.29, 0.717) is 0 Å². The van der Waals surface area contributed by atoms with Gasteiger partial charge in [0, 0.05) is 19.2 Å². The van der Waals surface area contributed by atoms with Crippen LogP contribution in [0.15, 0.2) is 36.4 Å². The molecule has 0 amide bonds. The second-order valence-corrected chi connectivity index (χ2v) is 10.6. The van der Waals surface area contributed by atoms with Crippen LogP contribution in [-0.4, -0.2) is 0 Å². The number of thiophene rings is 2. The molecule has 0 bridgehead atoms. The van der Waals surface area contributed by atoms with E-state index in [2.05, 4.69) is 50.2 Å². The third kappa shape index (κ3) is 4.66. The van der Waals surface area contributed by atoms with Crippen LogP contribution in [0.4, 0.5) is 0 Å². The Bertz CT molecular complexity index is 813. The molecule has 1 aromatic carbocycles. The summed E-state index contributed by atoms with van der Waals surface area (Å²) in [5.74, 6) is 1.99. The average molecular weight is 397 g/mol. The Hall–Kier alpha value is -1.12. The summed E-state index contributed by atoms with van der Waals surface area (Å²) in [5.41, 5.74) is 2.83. The van der Waals surface area contributed by atoms with Crippen molar-refractivity contribution in [2.45, 2.75) is 71.6 Å². The molecule has 0 N–H and O–H groups in total. The molecule has 0 aliphatic heterocycles. The van der Waals surface area contributed by atoms with Gasteiger partial charge in [0.1, 0.15) is 0 Å². The van der Waals surface area contributed by atoms with Gasteiger partial charge >= 0.3 is 0 Å². The Labute approximate surface area is 172 Å². The van der Waals surface area contributed by atoms with E-state index in [9.17, 15) is 0 Å². The van der Waals surface area contributed by atoms with Gasteiger partial charge in [0.2, 0.25) is 0 Å². The monoisotopic (exact) mass is 396 g/mol. The normalized spacial score (nSPS) is 20.4. The van der Waals surface area contributed by atoms with Gasteiger partial charge in [-0.15, -0.1) is 22.7 Å². The lowest BCUT2D eigenvalue weighted by atomic mass is 9.79. The van der Waals surface area contributed by atoms with E-state index < -0.39 is 0 Å². The Morgan fingerprint density at radius 2 is 1.52 bits per heavy atom. The first-order valence-electron chi connectivity index (χ1n) is 10.9.